The fourth-order valence-electron chi connectivity index (χ4n) is 3.42. The highest BCUT2D eigenvalue weighted by Gasteiger charge is 2.29. The molecule has 0 aliphatic carbocycles. The van der Waals surface area contributed by atoms with Gasteiger partial charge < -0.3 is 9.47 Å². The van der Waals surface area contributed by atoms with Gasteiger partial charge in [0.2, 0.25) is 10.0 Å². The smallest absolute Gasteiger partial charge is 0.279 e. The van der Waals surface area contributed by atoms with Crippen molar-refractivity contribution in [2.75, 3.05) is 19.7 Å². The lowest BCUT2D eigenvalue weighted by molar-refractivity contribution is -0.128. The molecule has 3 rings (SSSR count). The highest BCUT2D eigenvalue weighted by atomic mass is 32.2. The molecule has 9 nitrogen and oxygen atoms in total. The summed E-state index contributed by atoms with van der Waals surface area (Å²) >= 11 is 0. The first-order valence-corrected chi connectivity index (χ1v) is 12.5. The van der Waals surface area contributed by atoms with Crippen LogP contribution in [0.4, 0.5) is 4.39 Å². The van der Waals surface area contributed by atoms with Gasteiger partial charge in [-0.25, -0.2) is 12.8 Å². The van der Waals surface area contributed by atoms with Crippen LogP contribution in [0.5, 0.6) is 11.5 Å². The molecule has 2 N–H and O–H groups in total. The molecule has 2 aromatic rings. The van der Waals surface area contributed by atoms with E-state index in [1.165, 1.54) is 11.2 Å². The minimum Gasteiger partial charge on any atom is -0.494 e. The van der Waals surface area contributed by atoms with E-state index < -0.39 is 38.7 Å². The second kappa shape index (κ2) is 11.3. The summed E-state index contributed by atoms with van der Waals surface area (Å²) in [4.78, 5) is 24.2. The number of amides is 2. The molecule has 0 spiro atoms. The van der Waals surface area contributed by atoms with Crippen LogP contribution >= 0.6 is 0 Å². The van der Waals surface area contributed by atoms with Gasteiger partial charge in [0.05, 0.1) is 6.61 Å². The molecule has 2 aromatic carbocycles. The van der Waals surface area contributed by atoms with Crippen LogP contribution < -0.4 is 20.3 Å². The molecule has 0 bridgehead atoms. The van der Waals surface area contributed by atoms with Gasteiger partial charge in [-0.2, -0.15) is 4.31 Å². The summed E-state index contributed by atoms with van der Waals surface area (Å²) in [6.45, 7) is 4.50. The molecule has 184 valence electrons. The van der Waals surface area contributed by atoms with Crippen molar-refractivity contribution in [2.24, 2.45) is 0 Å². The van der Waals surface area contributed by atoms with E-state index in [1.807, 2.05) is 6.92 Å². The highest BCUT2D eigenvalue weighted by molar-refractivity contribution is 7.89. The number of nitrogens with one attached hydrogen (secondary N) is 2. The molecule has 0 saturated carbocycles. The number of hydrogen-bond donors (Lipinski definition) is 2. The Morgan fingerprint density at radius 1 is 1.03 bits per heavy atom. The van der Waals surface area contributed by atoms with Crippen molar-refractivity contribution in [2.45, 2.75) is 44.1 Å². The van der Waals surface area contributed by atoms with Crippen LogP contribution in [0.1, 0.15) is 43.5 Å². The van der Waals surface area contributed by atoms with E-state index >= 15 is 0 Å². The molecule has 34 heavy (non-hydrogen) atoms. The molecule has 1 aliphatic rings. The average Bonchev–Trinajstić information content (AvgIpc) is 2.84. The first kappa shape index (κ1) is 25.4. The molecular formula is C23H28FN3O6S. The summed E-state index contributed by atoms with van der Waals surface area (Å²) in [7, 11) is -4.07. The van der Waals surface area contributed by atoms with E-state index in [1.54, 1.807) is 24.3 Å². The quantitative estimate of drug-likeness (QED) is 0.547. The van der Waals surface area contributed by atoms with Crippen LogP contribution in [0.3, 0.4) is 0 Å². The number of benzene rings is 2. The van der Waals surface area contributed by atoms with Gasteiger partial charge in [-0.1, -0.05) is 6.42 Å². The van der Waals surface area contributed by atoms with Gasteiger partial charge in [0.1, 0.15) is 22.2 Å². The van der Waals surface area contributed by atoms with Crippen LogP contribution in [0.25, 0.3) is 0 Å². The maximum absolute atomic E-state index is 14.3. The number of sulfonamides is 1. The summed E-state index contributed by atoms with van der Waals surface area (Å²) in [5.41, 5.74) is 4.31. The number of carbonyl (C=O) groups is 2. The molecule has 1 heterocycles. The minimum absolute atomic E-state index is 0.114. The summed E-state index contributed by atoms with van der Waals surface area (Å²) < 4.78 is 52.1. The predicted octanol–water partition coefficient (Wildman–Crippen LogP) is 2.63. The van der Waals surface area contributed by atoms with Gasteiger partial charge in [0.25, 0.3) is 11.8 Å². The first-order valence-electron chi connectivity index (χ1n) is 11.0. The fourth-order valence-corrected chi connectivity index (χ4v) is 5.02. The molecule has 1 atom stereocenters. The van der Waals surface area contributed by atoms with Gasteiger partial charge in [0.15, 0.2) is 6.10 Å². The standard InChI is InChI=1S/C23H28FN3O6S/c1-3-32-18-8-10-19(11-9-18)33-16(2)22(28)25-26-23(29)17-7-12-20(24)21(15-17)34(30,31)27-13-5-4-6-14-27/h7-12,15-16H,3-6,13-14H2,1-2H3,(H,25,28)(H,26,29). The Morgan fingerprint density at radius 3 is 2.32 bits per heavy atom. The summed E-state index contributed by atoms with van der Waals surface area (Å²) in [6.07, 6.45) is 1.37. The molecule has 1 saturated heterocycles. The van der Waals surface area contributed by atoms with Gasteiger partial charge in [-0.3, -0.25) is 20.4 Å². The fraction of sp³-hybridized carbons (Fsp3) is 0.391. The second-order valence-corrected chi connectivity index (χ2v) is 9.62. The van der Waals surface area contributed by atoms with Crippen LogP contribution in [-0.2, 0) is 14.8 Å². The highest BCUT2D eigenvalue weighted by Crippen LogP contribution is 2.24. The molecule has 1 aliphatic heterocycles. The zero-order valence-electron chi connectivity index (χ0n) is 19.0. The summed E-state index contributed by atoms with van der Waals surface area (Å²) in [6, 6.07) is 9.74. The van der Waals surface area contributed by atoms with E-state index in [0.717, 1.165) is 24.6 Å². The number of hydrazine groups is 1. The van der Waals surface area contributed by atoms with Crippen molar-refractivity contribution < 1.29 is 31.9 Å². The zero-order chi connectivity index (χ0) is 24.7. The van der Waals surface area contributed by atoms with E-state index in [2.05, 4.69) is 10.9 Å². The van der Waals surface area contributed by atoms with Gasteiger partial charge in [0, 0.05) is 18.7 Å². The number of halogens is 1. The number of nitrogens with zero attached hydrogens (tertiary/aromatic N) is 1. The van der Waals surface area contributed by atoms with Crippen molar-refractivity contribution >= 4 is 21.8 Å². The van der Waals surface area contributed by atoms with Gasteiger partial charge in [-0.15, -0.1) is 0 Å². The van der Waals surface area contributed by atoms with Crippen molar-refractivity contribution in [1.29, 1.82) is 0 Å². The minimum atomic E-state index is -4.07. The monoisotopic (exact) mass is 493 g/mol. The SMILES string of the molecule is CCOc1ccc(OC(C)C(=O)NNC(=O)c2ccc(F)c(S(=O)(=O)N3CCCCC3)c2)cc1. The molecule has 0 aromatic heterocycles. The summed E-state index contributed by atoms with van der Waals surface area (Å²) in [5, 5.41) is 0. The van der Waals surface area contributed by atoms with Gasteiger partial charge in [-0.05, 0) is 69.2 Å². The summed E-state index contributed by atoms with van der Waals surface area (Å²) in [5.74, 6) is -1.27. The van der Waals surface area contributed by atoms with Crippen LogP contribution in [0, 0.1) is 5.82 Å². The molecule has 0 radical (unpaired) electrons. The van der Waals surface area contributed by atoms with Crippen molar-refractivity contribution in [3.8, 4) is 11.5 Å². The first-order chi connectivity index (χ1) is 16.2. The average molecular weight is 494 g/mol. The maximum Gasteiger partial charge on any atom is 0.279 e. The van der Waals surface area contributed by atoms with E-state index in [0.29, 0.717) is 44.0 Å². The van der Waals surface area contributed by atoms with Crippen molar-refractivity contribution in [3.05, 3.63) is 53.8 Å². The topological polar surface area (TPSA) is 114 Å². The van der Waals surface area contributed by atoms with Crippen molar-refractivity contribution in [1.82, 2.24) is 15.2 Å². The van der Waals surface area contributed by atoms with Crippen LogP contribution in [0.2, 0.25) is 0 Å². The Hall–Kier alpha value is -3.18. The molecule has 2 amide bonds. The zero-order valence-corrected chi connectivity index (χ0v) is 19.9. The van der Waals surface area contributed by atoms with E-state index in [-0.39, 0.29) is 5.56 Å². The predicted molar refractivity (Wildman–Crippen MR) is 122 cm³/mol. The normalized spacial score (nSPS) is 15.3. The third-order valence-electron chi connectivity index (χ3n) is 5.24. The lowest BCUT2D eigenvalue weighted by Crippen LogP contribution is -2.47. The Kier molecular flexibility index (Phi) is 8.46. The van der Waals surface area contributed by atoms with E-state index in [4.69, 9.17) is 9.47 Å². The second-order valence-electron chi connectivity index (χ2n) is 7.72. The number of rotatable bonds is 8. The lowest BCUT2D eigenvalue weighted by Gasteiger charge is -2.26. The lowest BCUT2D eigenvalue weighted by atomic mass is 10.2. The van der Waals surface area contributed by atoms with Crippen LogP contribution in [-0.4, -0.2) is 50.3 Å². The third-order valence-corrected chi connectivity index (χ3v) is 7.16. The largest absolute Gasteiger partial charge is 0.494 e. The Bertz CT molecular complexity index is 1120. The molecule has 1 unspecified atom stereocenters. The number of piperidine rings is 1. The third kappa shape index (κ3) is 6.23. The Balaban J connectivity index is 1.60. The molecule has 1 fully saturated rings. The number of carbonyl (C=O) groups excluding carboxylic acids is 2. The molecular weight excluding hydrogens is 465 g/mol. The van der Waals surface area contributed by atoms with Gasteiger partial charge >= 0.3 is 0 Å². The number of hydrogen-bond acceptors (Lipinski definition) is 6. The van der Waals surface area contributed by atoms with Crippen LogP contribution in [0.15, 0.2) is 47.4 Å². The Morgan fingerprint density at radius 2 is 1.68 bits per heavy atom. The maximum atomic E-state index is 14.3. The number of ether oxygens (including phenoxy) is 2. The Labute approximate surface area is 198 Å². The molecule has 11 heteroatoms. The van der Waals surface area contributed by atoms with E-state index in [9.17, 15) is 22.4 Å². The van der Waals surface area contributed by atoms with Crippen molar-refractivity contribution in [3.63, 3.8) is 0 Å².